The third-order valence-electron chi connectivity index (χ3n) is 2.74. The number of ether oxygens (including phenoxy) is 2. The normalized spacial score (nSPS) is 14.9. The van der Waals surface area contributed by atoms with Crippen LogP contribution in [0.5, 0.6) is 11.5 Å². The van der Waals surface area contributed by atoms with E-state index in [2.05, 4.69) is 0 Å². The molecule has 0 atom stereocenters. The van der Waals surface area contributed by atoms with Crippen molar-refractivity contribution in [3.63, 3.8) is 0 Å². The molecule has 0 spiro atoms. The molecule has 0 amide bonds. The maximum atomic E-state index is 10.8. The Morgan fingerprint density at radius 3 is 1.63 bits per heavy atom. The molecule has 0 radical (unpaired) electrons. The average Bonchev–Trinajstić information content (AvgIpc) is 2.48. The second-order valence-electron chi connectivity index (χ2n) is 4.06. The Balaban J connectivity index is 2.48. The molecule has 1 heterocycles. The molecule has 8 heteroatoms. The summed E-state index contributed by atoms with van der Waals surface area (Å²) in [6.45, 7) is 0.816. The first-order chi connectivity index (χ1) is 9.09. The van der Waals surface area contributed by atoms with Crippen molar-refractivity contribution in [2.75, 3.05) is 13.2 Å². The average molecular weight is 268 g/mol. The van der Waals surface area contributed by atoms with Gasteiger partial charge in [-0.25, -0.2) is 0 Å². The van der Waals surface area contributed by atoms with Gasteiger partial charge in [0.1, 0.15) is 0 Å². The number of nitro groups is 2. The number of hydrogen-bond acceptors (Lipinski definition) is 6. The molecular formula is C11H12N2O6. The maximum Gasteiger partial charge on any atom is 0.350 e. The standard InChI is InChI=1S/C11H12N2O6/c14-12(15)8-6-10-11(7-9(8)13(16)17)19-5-3-1-2-4-18-10/h6-7H,1-5H2. The molecule has 1 aliphatic heterocycles. The Hall–Kier alpha value is -2.38. The highest BCUT2D eigenvalue weighted by Crippen LogP contribution is 2.39. The number of fused-ring (bicyclic) bond motifs is 1. The number of rotatable bonds is 2. The summed E-state index contributed by atoms with van der Waals surface area (Å²) >= 11 is 0. The first kappa shape index (κ1) is 13.1. The summed E-state index contributed by atoms with van der Waals surface area (Å²) in [6, 6.07) is 2.11. The lowest BCUT2D eigenvalue weighted by Crippen LogP contribution is -2.02. The zero-order valence-electron chi connectivity index (χ0n) is 10.0. The Bertz CT molecular complexity index is 471. The Kier molecular flexibility index (Phi) is 3.79. The van der Waals surface area contributed by atoms with E-state index >= 15 is 0 Å². The predicted octanol–water partition coefficient (Wildman–Crippen LogP) is 2.44. The highest BCUT2D eigenvalue weighted by molar-refractivity contribution is 5.62. The zero-order chi connectivity index (χ0) is 13.8. The van der Waals surface area contributed by atoms with Crippen molar-refractivity contribution in [1.82, 2.24) is 0 Å². The molecule has 8 nitrogen and oxygen atoms in total. The minimum atomic E-state index is -0.797. The second kappa shape index (κ2) is 5.51. The Morgan fingerprint density at radius 2 is 1.26 bits per heavy atom. The minimum absolute atomic E-state index is 0.180. The molecule has 1 aliphatic rings. The van der Waals surface area contributed by atoms with Gasteiger partial charge in [0, 0.05) is 0 Å². The molecule has 0 fully saturated rings. The summed E-state index contributed by atoms with van der Waals surface area (Å²) in [5.74, 6) is 0.360. The second-order valence-corrected chi connectivity index (χ2v) is 4.06. The first-order valence-electron chi connectivity index (χ1n) is 5.82. The summed E-state index contributed by atoms with van der Waals surface area (Å²) in [4.78, 5) is 20.1. The lowest BCUT2D eigenvalue weighted by molar-refractivity contribution is -0.422. The van der Waals surface area contributed by atoms with Gasteiger partial charge in [-0.2, -0.15) is 0 Å². The number of nitrogens with zero attached hydrogens (tertiary/aromatic N) is 2. The van der Waals surface area contributed by atoms with Crippen LogP contribution in [0.2, 0.25) is 0 Å². The first-order valence-corrected chi connectivity index (χ1v) is 5.82. The smallest absolute Gasteiger partial charge is 0.350 e. The van der Waals surface area contributed by atoms with Crippen LogP contribution in [0.4, 0.5) is 11.4 Å². The zero-order valence-corrected chi connectivity index (χ0v) is 10.0. The van der Waals surface area contributed by atoms with Gasteiger partial charge in [0.15, 0.2) is 11.5 Å². The van der Waals surface area contributed by atoms with E-state index in [1.54, 1.807) is 0 Å². The van der Waals surface area contributed by atoms with E-state index < -0.39 is 21.2 Å². The van der Waals surface area contributed by atoms with Crippen molar-refractivity contribution in [3.8, 4) is 11.5 Å². The quantitative estimate of drug-likeness (QED) is 0.602. The molecule has 0 unspecified atom stereocenters. The molecule has 2 rings (SSSR count). The van der Waals surface area contributed by atoms with E-state index in [0.29, 0.717) is 13.2 Å². The van der Waals surface area contributed by atoms with Crippen molar-refractivity contribution in [2.45, 2.75) is 19.3 Å². The van der Waals surface area contributed by atoms with Crippen molar-refractivity contribution in [1.29, 1.82) is 0 Å². The Labute approximate surface area is 108 Å². The van der Waals surface area contributed by atoms with Crippen molar-refractivity contribution in [2.24, 2.45) is 0 Å². The highest BCUT2D eigenvalue weighted by atomic mass is 16.6. The third-order valence-corrected chi connectivity index (χ3v) is 2.74. The maximum absolute atomic E-state index is 10.8. The topological polar surface area (TPSA) is 105 Å². The van der Waals surface area contributed by atoms with Crippen molar-refractivity contribution in [3.05, 3.63) is 32.4 Å². The number of hydrogen-bond donors (Lipinski definition) is 0. The summed E-state index contributed by atoms with van der Waals surface area (Å²) in [5, 5.41) is 21.7. The molecule has 0 aromatic heterocycles. The van der Waals surface area contributed by atoms with Gasteiger partial charge < -0.3 is 9.47 Å². The molecule has 0 bridgehead atoms. The molecule has 19 heavy (non-hydrogen) atoms. The van der Waals surface area contributed by atoms with E-state index in [4.69, 9.17) is 9.47 Å². The fraction of sp³-hybridized carbons (Fsp3) is 0.455. The summed E-state index contributed by atoms with van der Waals surface area (Å²) in [7, 11) is 0. The molecule has 0 N–H and O–H groups in total. The molecule has 0 aliphatic carbocycles. The van der Waals surface area contributed by atoms with Crippen LogP contribution in [0.1, 0.15) is 19.3 Å². The SMILES string of the molecule is O=[N+]([O-])c1cc2c(cc1[N+](=O)[O-])OCCCCCO2. The van der Waals surface area contributed by atoms with Crippen LogP contribution in [0, 0.1) is 20.2 Å². The van der Waals surface area contributed by atoms with Crippen LogP contribution < -0.4 is 9.47 Å². The van der Waals surface area contributed by atoms with E-state index in [1.165, 1.54) is 0 Å². The van der Waals surface area contributed by atoms with Gasteiger partial charge in [-0.3, -0.25) is 20.2 Å². The molecule has 102 valence electrons. The monoisotopic (exact) mass is 268 g/mol. The van der Waals surface area contributed by atoms with Crippen LogP contribution in [0.3, 0.4) is 0 Å². The van der Waals surface area contributed by atoms with Crippen molar-refractivity contribution >= 4 is 11.4 Å². The fourth-order valence-corrected chi connectivity index (χ4v) is 1.80. The van der Waals surface area contributed by atoms with Crippen LogP contribution >= 0.6 is 0 Å². The number of benzene rings is 1. The lowest BCUT2D eigenvalue weighted by atomic mass is 10.2. The molecule has 1 aromatic rings. The van der Waals surface area contributed by atoms with E-state index in [0.717, 1.165) is 31.4 Å². The molecule has 0 saturated heterocycles. The largest absolute Gasteiger partial charge is 0.489 e. The van der Waals surface area contributed by atoms with Gasteiger partial charge in [-0.15, -0.1) is 0 Å². The van der Waals surface area contributed by atoms with Gasteiger partial charge in [0.25, 0.3) is 0 Å². The van der Waals surface area contributed by atoms with Gasteiger partial charge >= 0.3 is 11.4 Å². The molecule has 0 saturated carbocycles. The van der Waals surface area contributed by atoms with Crippen LogP contribution in [0.15, 0.2) is 12.1 Å². The van der Waals surface area contributed by atoms with E-state index in [-0.39, 0.29) is 11.5 Å². The third kappa shape index (κ3) is 2.90. The Morgan fingerprint density at radius 1 is 0.842 bits per heavy atom. The summed E-state index contributed by atoms with van der Waals surface area (Å²) in [5.41, 5.74) is -1.18. The van der Waals surface area contributed by atoms with Gasteiger partial charge in [0.05, 0.1) is 35.2 Å². The van der Waals surface area contributed by atoms with Gasteiger partial charge in [0.2, 0.25) is 0 Å². The van der Waals surface area contributed by atoms with Gasteiger partial charge in [-0.05, 0) is 19.3 Å². The van der Waals surface area contributed by atoms with E-state index in [9.17, 15) is 20.2 Å². The molecule has 1 aromatic carbocycles. The van der Waals surface area contributed by atoms with Crippen LogP contribution in [-0.4, -0.2) is 23.1 Å². The summed E-state index contributed by atoms with van der Waals surface area (Å²) in [6.07, 6.45) is 2.54. The van der Waals surface area contributed by atoms with Gasteiger partial charge in [-0.1, -0.05) is 0 Å². The number of nitro benzene ring substituents is 2. The van der Waals surface area contributed by atoms with Crippen LogP contribution in [-0.2, 0) is 0 Å². The fourth-order valence-electron chi connectivity index (χ4n) is 1.80. The van der Waals surface area contributed by atoms with Crippen molar-refractivity contribution < 1.29 is 19.3 Å². The molecular weight excluding hydrogens is 256 g/mol. The van der Waals surface area contributed by atoms with Crippen LogP contribution in [0.25, 0.3) is 0 Å². The lowest BCUT2D eigenvalue weighted by Gasteiger charge is -2.10. The predicted molar refractivity (Wildman–Crippen MR) is 64.6 cm³/mol. The summed E-state index contributed by atoms with van der Waals surface area (Å²) < 4.78 is 10.8. The highest BCUT2D eigenvalue weighted by Gasteiger charge is 2.28. The minimum Gasteiger partial charge on any atom is -0.489 e. The van der Waals surface area contributed by atoms with E-state index in [1.807, 2.05) is 0 Å².